The molecule has 0 spiro atoms. The smallest absolute Gasteiger partial charge is 0.310 e. The van der Waals surface area contributed by atoms with E-state index in [-0.39, 0.29) is 11.9 Å². The normalized spacial score (nSPS) is 9.91. The summed E-state index contributed by atoms with van der Waals surface area (Å²) in [6.07, 6.45) is 0.304. The number of amides is 1. The van der Waals surface area contributed by atoms with Crippen molar-refractivity contribution < 1.29 is 19.1 Å². The van der Waals surface area contributed by atoms with Crippen LogP contribution in [0.4, 0.5) is 5.69 Å². The van der Waals surface area contributed by atoms with E-state index in [2.05, 4.69) is 5.32 Å². The van der Waals surface area contributed by atoms with Crippen LogP contribution in [0.1, 0.15) is 23.7 Å². The van der Waals surface area contributed by atoms with Crippen LogP contribution in [0.3, 0.4) is 0 Å². The van der Waals surface area contributed by atoms with Crippen LogP contribution in [0, 0.1) is 0 Å². The third-order valence-electron chi connectivity index (χ3n) is 2.96. The van der Waals surface area contributed by atoms with Gasteiger partial charge in [-0.25, -0.2) is 0 Å². The number of methoxy groups -OCH3 is 1. The molecule has 22 heavy (non-hydrogen) atoms. The van der Waals surface area contributed by atoms with Gasteiger partial charge in [0, 0.05) is 23.7 Å². The fourth-order valence-electron chi connectivity index (χ4n) is 1.78. The van der Waals surface area contributed by atoms with Crippen LogP contribution >= 0.6 is 0 Å². The van der Waals surface area contributed by atoms with Gasteiger partial charge in [-0.05, 0) is 36.4 Å². The fourth-order valence-corrected chi connectivity index (χ4v) is 1.78. The van der Waals surface area contributed by atoms with E-state index in [0.29, 0.717) is 29.2 Å². The second kappa shape index (κ2) is 7.26. The molecule has 0 heterocycles. The third-order valence-corrected chi connectivity index (χ3v) is 2.96. The highest BCUT2D eigenvalue weighted by Crippen LogP contribution is 2.18. The Kier molecular flexibility index (Phi) is 5.14. The van der Waals surface area contributed by atoms with E-state index in [1.165, 1.54) is 0 Å². The molecule has 0 saturated carbocycles. The Bertz CT molecular complexity index is 665. The topological polar surface area (TPSA) is 64.6 Å². The summed E-state index contributed by atoms with van der Waals surface area (Å²) in [7, 11) is 1.57. The van der Waals surface area contributed by atoms with E-state index >= 15 is 0 Å². The standard InChI is InChI=1S/C17H17NO4/c1-3-16(19)22-14-9-7-12(8-10-14)17(20)18-13-5-4-6-15(11-13)21-2/h4-11H,3H2,1-2H3,(H,18,20). The SMILES string of the molecule is CCC(=O)Oc1ccc(C(=O)Nc2cccc(OC)c2)cc1. The van der Waals surface area contributed by atoms with Gasteiger partial charge in [-0.3, -0.25) is 9.59 Å². The molecule has 0 radical (unpaired) electrons. The summed E-state index contributed by atoms with van der Waals surface area (Å²) in [5, 5.41) is 2.78. The monoisotopic (exact) mass is 299 g/mol. The van der Waals surface area contributed by atoms with Gasteiger partial charge in [0.15, 0.2) is 0 Å². The van der Waals surface area contributed by atoms with Crippen LogP contribution in [-0.2, 0) is 4.79 Å². The van der Waals surface area contributed by atoms with E-state index < -0.39 is 0 Å². The third kappa shape index (κ3) is 4.09. The fraction of sp³-hybridized carbons (Fsp3) is 0.176. The number of carbonyl (C=O) groups excluding carboxylic acids is 2. The van der Waals surface area contributed by atoms with E-state index in [4.69, 9.17) is 9.47 Å². The molecule has 2 aromatic rings. The van der Waals surface area contributed by atoms with Crippen molar-refractivity contribution in [3.05, 3.63) is 54.1 Å². The average Bonchev–Trinajstić information content (AvgIpc) is 2.55. The zero-order valence-electron chi connectivity index (χ0n) is 12.5. The number of hydrogen-bond donors (Lipinski definition) is 1. The summed E-state index contributed by atoms with van der Waals surface area (Å²) in [6, 6.07) is 13.5. The van der Waals surface area contributed by atoms with Gasteiger partial charge in [-0.1, -0.05) is 13.0 Å². The Balaban J connectivity index is 2.04. The van der Waals surface area contributed by atoms with Gasteiger partial charge in [-0.2, -0.15) is 0 Å². The van der Waals surface area contributed by atoms with Gasteiger partial charge in [0.25, 0.3) is 5.91 Å². The largest absolute Gasteiger partial charge is 0.497 e. The minimum absolute atomic E-state index is 0.248. The van der Waals surface area contributed by atoms with Crippen LogP contribution in [0.15, 0.2) is 48.5 Å². The molecule has 5 heteroatoms. The highest BCUT2D eigenvalue weighted by atomic mass is 16.5. The summed E-state index contributed by atoms with van der Waals surface area (Å²) in [5.41, 5.74) is 1.12. The van der Waals surface area contributed by atoms with Crippen LogP contribution in [-0.4, -0.2) is 19.0 Å². The molecule has 1 amide bonds. The second-order valence-electron chi connectivity index (χ2n) is 4.54. The zero-order chi connectivity index (χ0) is 15.9. The first-order valence-electron chi connectivity index (χ1n) is 6.88. The lowest BCUT2D eigenvalue weighted by Gasteiger charge is -2.08. The summed E-state index contributed by atoms with van der Waals surface area (Å²) in [4.78, 5) is 23.3. The average molecular weight is 299 g/mol. The van der Waals surface area contributed by atoms with Crippen molar-refractivity contribution in [2.75, 3.05) is 12.4 Å². The van der Waals surface area contributed by atoms with Gasteiger partial charge in [-0.15, -0.1) is 0 Å². The minimum atomic E-state index is -0.311. The summed E-state index contributed by atoms with van der Waals surface area (Å²) >= 11 is 0. The molecule has 2 rings (SSSR count). The first kappa shape index (κ1) is 15.6. The molecule has 0 atom stereocenters. The molecule has 5 nitrogen and oxygen atoms in total. The molecule has 0 saturated heterocycles. The number of benzene rings is 2. The van der Waals surface area contributed by atoms with Crippen molar-refractivity contribution in [1.29, 1.82) is 0 Å². The molecule has 0 aromatic heterocycles. The highest BCUT2D eigenvalue weighted by molar-refractivity contribution is 6.04. The van der Waals surface area contributed by atoms with Crippen molar-refractivity contribution in [2.45, 2.75) is 13.3 Å². The zero-order valence-corrected chi connectivity index (χ0v) is 12.5. The lowest BCUT2D eigenvalue weighted by Crippen LogP contribution is -2.12. The molecule has 2 aromatic carbocycles. The molecular weight excluding hydrogens is 282 g/mol. The second-order valence-corrected chi connectivity index (χ2v) is 4.54. The highest BCUT2D eigenvalue weighted by Gasteiger charge is 2.08. The molecule has 0 aliphatic rings. The lowest BCUT2D eigenvalue weighted by atomic mass is 10.2. The van der Waals surface area contributed by atoms with Gasteiger partial charge in [0.2, 0.25) is 0 Å². The predicted octanol–water partition coefficient (Wildman–Crippen LogP) is 3.26. The lowest BCUT2D eigenvalue weighted by molar-refractivity contribution is -0.134. The van der Waals surface area contributed by atoms with Gasteiger partial charge in [0.1, 0.15) is 11.5 Å². The molecule has 0 unspecified atom stereocenters. The van der Waals surface area contributed by atoms with Gasteiger partial charge in [0.05, 0.1) is 7.11 Å². The Labute approximate surface area is 128 Å². The molecular formula is C17H17NO4. The Hall–Kier alpha value is -2.82. The van der Waals surface area contributed by atoms with Crippen molar-refractivity contribution in [3.63, 3.8) is 0 Å². The number of hydrogen-bond acceptors (Lipinski definition) is 4. The number of nitrogens with one attached hydrogen (secondary N) is 1. The first-order chi connectivity index (χ1) is 10.6. The van der Waals surface area contributed by atoms with Crippen LogP contribution in [0.25, 0.3) is 0 Å². The summed E-state index contributed by atoms with van der Waals surface area (Å²) < 4.78 is 10.2. The van der Waals surface area contributed by atoms with Crippen molar-refractivity contribution in [1.82, 2.24) is 0 Å². The maximum absolute atomic E-state index is 12.1. The van der Waals surface area contributed by atoms with Gasteiger partial charge < -0.3 is 14.8 Å². The molecule has 0 fully saturated rings. The van der Waals surface area contributed by atoms with Crippen LogP contribution in [0.5, 0.6) is 11.5 Å². The van der Waals surface area contributed by atoms with E-state index in [9.17, 15) is 9.59 Å². The van der Waals surface area contributed by atoms with Gasteiger partial charge >= 0.3 is 5.97 Å². The summed E-state index contributed by atoms with van der Waals surface area (Å²) in [5.74, 6) is 0.527. The van der Waals surface area contributed by atoms with Crippen LogP contribution < -0.4 is 14.8 Å². The summed E-state index contributed by atoms with van der Waals surface area (Å²) in [6.45, 7) is 1.72. The number of esters is 1. The maximum Gasteiger partial charge on any atom is 0.310 e. The Morgan fingerprint density at radius 2 is 1.77 bits per heavy atom. The van der Waals surface area contributed by atoms with Crippen molar-refractivity contribution in [3.8, 4) is 11.5 Å². The quantitative estimate of drug-likeness (QED) is 0.680. The Morgan fingerprint density at radius 3 is 2.41 bits per heavy atom. The molecule has 1 N–H and O–H groups in total. The molecule has 0 bridgehead atoms. The van der Waals surface area contributed by atoms with E-state index in [0.717, 1.165) is 0 Å². The number of rotatable bonds is 5. The molecule has 114 valence electrons. The number of carbonyl (C=O) groups is 2. The first-order valence-corrected chi connectivity index (χ1v) is 6.88. The predicted molar refractivity (Wildman–Crippen MR) is 83.3 cm³/mol. The van der Waals surface area contributed by atoms with Crippen LogP contribution in [0.2, 0.25) is 0 Å². The van der Waals surface area contributed by atoms with E-state index in [1.54, 1.807) is 62.6 Å². The molecule has 0 aliphatic carbocycles. The van der Waals surface area contributed by atoms with Crippen molar-refractivity contribution >= 4 is 17.6 Å². The maximum atomic E-state index is 12.1. The van der Waals surface area contributed by atoms with Crippen molar-refractivity contribution in [2.24, 2.45) is 0 Å². The number of anilines is 1. The van der Waals surface area contributed by atoms with E-state index in [1.807, 2.05) is 0 Å². The molecule has 0 aliphatic heterocycles. The number of ether oxygens (including phenoxy) is 2. The Morgan fingerprint density at radius 1 is 1.05 bits per heavy atom. The minimum Gasteiger partial charge on any atom is -0.497 e.